The number of hydrogen-bond donors (Lipinski definition) is 5. The lowest BCUT2D eigenvalue weighted by atomic mass is 9.91. The summed E-state index contributed by atoms with van der Waals surface area (Å²) in [5.41, 5.74) is 1.19. The summed E-state index contributed by atoms with van der Waals surface area (Å²) < 4.78 is 24.2. The maximum Gasteiger partial charge on any atom is 0.315 e. The third-order valence-corrected chi connectivity index (χ3v) is 8.59. The average molecular weight is 518 g/mol. The van der Waals surface area contributed by atoms with Crippen molar-refractivity contribution in [1.29, 1.82) is 0 Å². The minimum atomic E-state index is -3.18. The monoisotopic (exact) mass is 517 g/mol. The second kappa shape index (κ2) is 10.6. The summed E-state index contributed by atoms with van der Waals surface area (Å²) >= 11 is 0. The molecule has 5 rings (SSSR count). The van der Waals surface area contributed by atoms with Gasteiger partial charge in [-0.15, -0.1) is 0 Å². The van der Waals surface area contributed by atoms with Gasteiger partial charge in [0.1, 0.15) is 5.82 Å². The van der Waals surface area contributed by atoms with Gasteiger partial charge in [-0.1, -0.05) is 12.8 Å². The van der Waals surface area contributed by atoms with Gasteiger partial charge in [0, 0.05) is 49.0 Å². The van der Waals surface area contributed by atoms with Crippen molar-refractivity contribution in [3.63, 3.8) is 0 Å². The number of urea groups is 1. The number of carbonyl (C=O) groups is 1. The fourth-order valence-corrected chi connectivity index (χ4v) is 6.15. The number of aromatic nitrogens is 4. The molecule has 2 aromatic heterocycles. The number of aromatic amines is 1. The van der Waals surface area contributed by atoms with Crippen molar-refractivity contribution in [3.05, 3.63) is 24.0 Å². The largest absolute Gasteiger partial charge is 0.351 e. The molecular formula is C23H35N9O3S. The number of hydrogen-bond acceptors (Lipinski definition) is 8. The van der Waals surface area contributed by atoms with Crippen LogP contribution < -0.4 is 21.3 Å². The summed E-state index contributed by atoms with van der Waals surface area (Å²) in [6.45, 7) is 0.664. The van der Waals surface area contributed by atoms with E-state index in [1.54, 1.807) is 6.20 Å². The topological polar surface area (TPSA) is 157 Å². The summed E-state index contributed by atoms with van der Waals surface area (Å²) in [6.07, 6.45) is 11.4. The maximum absolute atomic E-state index is 12.3. The van der Waals surface area contributed by atoms with Gasteiger partial charge in [0.25, 0.3) is 0 Å². The molecule has 2 amide bonds. The van der Waals surface area contributed by atoms with Gasteiger partial charge >= 0.3 is 6.03 Å². The predicted molar refractivity (Wildman–Crippen MR) is 137 cm³/mol. The predicted octanol–water partition coefficient (Wildman–Crippen LogP) is 2.27. The average Bonchev–Trinajstić information content (AvgIpc) is 3.49. The van der Waals surface area contributed by atoms with Crippen LogP contribution in [0, 0.1) is 0 Å². The van der Waals surface area contributed by atoms with Crippen LogP contribution in [0.1, 0.15) is 63.0 Å². The van der Waals surface area contributed by atoms with E-state index >= 15 is 0 Å². The highest BCUT2D eigenvalue weighted by Crippen LogP contribution is 2.34. The second-order valence-corrected chi connectivity index (χ2v) is 12.2. The van der Waals surface area contributed by atoms with Crippen LogP contribution in [0.15, 0.2) is 18.3 Å². The molecule has 13 heteroatoms. The minimum Gasteiger partial charge on any atom is -0.351 e. The van der Waals surface area contributed by atoms with Crippen molar-refractivity contribution < 1.29 is 13.2 Å². The summed E-state index contributed by atoms with van der Waals surface area (Å²) in [5, 5.41) is 20.1. The van der Waals surface area contributed by atoms with Crippen LogP contribution in [0.4, 0.5) is 22.4 Å². The van der Waals surface area contributed by atoms with E-state index < -0.39 is 10.0 Å². The van der Waals surface area contributed by atoms with Gasteiger partial charge in [0.2, 0.25) is 16.0 Å². The molecule has 2 aliphatic carbocycles. The molecule has 5 N–H and O–H groups in total. The zero-order chi connectivity index (χ0) is 25.1. The first kappa shape index (κ1) is 24.8. The van der Waals surface area contributed by atoms with Gasteiger partial charge < -0.3 is 21.3 Å². The summed E-state index contributed by atoms with van der Waals surface area (Å²) in [4.78, 5) is 21.2. The molecule has 0 atom stereocenters. The van der Waals surface area contributed by atoms with E-state index in [9.17, 15) is 13.2 Å². The van der Waals surface area contributed by atoms with E-state index in [-0.39, 0.29) is 24.2 Å². The quantitative estimate of drug-likeness (QED) is 0.357. The number of H-pyrrole nitrogens is 1. The zero-order valence-corrected chi connectivity index (χ0v) is 21.4. The van der Waals surface area contributed by atoms with E-state index in [1.165, 1.54) is 41.9 Å². The number of sulfonamides is 1. The van der Waals surface area contributed by atoms with Crippen LogP contribution in [0.2, 0.25) is 0 Å². The van der Waals surface area contributed by atoms with Crippen LogP contribution in [0.3, 0.4) is 0 Å². The highest BCUT2D eigenvalue weighted by atomic mass is 32.2. The molecule has 36 heavy (non-hydrogen) atoms. The highest BCUT2D eigenvalue weighted by Gasteiger charge is 2.34. The molecule has 3 fully saturated rings. The Balaban J connectivity index is 1.04. The Morgan fingerprint density at radius 3 is 2.42 bits per heavy atom. The second-order valence-electron chi connectivity index (χ2n) is 10.2. The highest BCUT2D eigenvalue weighted by molar-refractivity contribution is 7.88. The molecule has 196 valence electrons. The SMILES string of the molecule is CS(=O)(=O)N1CC(NC(=O)N[C@H]2CC[C@H](Nc3nccc(Nc4cc(C5CCCC5)[nH]n4)n3)CC2)C1. The van der Waals surface area contributed by atoms with E-state index in [2.05, 4.69) is 47.5 Å². The molecule has 1 saturated heterocycles. The number of carbonyl (C=O) groups excluding carboxylic acids is 1. The molecule has 2 aromatic rings. The molecule has 0 aromatic carbocycles. The van der Waals surface area contributed by atoms with Crippen molar-refractivity contribution in [2.45, 2.75) is 75.4 Å². The van der Waals surface area contributed by atoms with Gasteiger partial charge in [-0.2, -0.15) is 14.4 Å². The zero-order valence-electron chi connectivity index (χ0n) is 20.5. The van der Waals surface area contributed by atoms with Gasteiger partial charge in [0.05, 0.1) is 12.3 Å². The van der Waals surface area contributed by atoms with E-state index in [1.807, 2.05) is 6.07 Å². The van der Waals surface area contributed by atoms with E-state index in [0.29, 0.717) is 30.8 Å². The van der Waals surface area contributed by atoms with E-state index in [0.717, 1.165) is 31.5 Å². The van der Waals surface area contributed by atoms with Crippen LogP contribution in [0.25, 0.3) is 0 Å². The minimum absolute atomic E-state index is 0.0942. The van der Waals surface area contributed by atoms with Crippen LogP contribution >= 0.6 is 0 Å². The molecule has 3 aliphatic rings. The van der Waals surface area contributed by atoms with Crippen molar-refractivity contribution in [1.82, 2.24) is 35.1 Å². The Kier molecular flexibility index (Phi) is 7.28. The Hall–Kier alpha value is -2.93. The molecule has 2 saturated carbocycles. The number of amides is 2. The molecule has 0 radical (unpaired) electrons. The van der Waals surface area contributed by atoms with Gasteiger partial charge in [0.15, 0.2) is 5.82 Å². The van der Waals surface area contributed by atoms with Crippen LogP contribution in [-0.2, 0) is 10.0 Å². The van der Waals surface area contributed by atoms with Crippen molar-refractivity contribution >= 4 is 33.6 Å². The third-order valence-electron chi connectivity index (χ3n) is 7.35. The summed E-state index contributed by atoms with van der Waals surface area (Å²) in [7, 11) is -3.18. The fraction of sp³-hybridized carbons (Fsp3) is 0.652. The number of anilines is 3. The number of rotatable bonds is 8. The van der Waals surface area contributed by atoms with Crippen molar-refractivity contribution in [2.75, 3.05) is 30.0 Å². The smallest absolute Gasteiger partial charge is 0.315 e. The van der Waals surface area contributed by atoms with Crippen molar-refractivity contribution in [3.8, 4) is 0 Å². The summed E-state index contributed by atoms with van der Waals surface area (Å²) in [5.74, 6) is 2.60. The molecule has 0 spiro atoms. The molecule has 12 nitrogen and oxygen atoms in total. The standard InChI is InChI=1S/C23H35N9O3S/c1-36(34,35)32-13-18(14-32)27-23(33)26-17-8-6-16(7-9-17)25-22-24-11-10-20(29-22)28-21-12-19(30-31-21)15-4-2-3-5-15/h10-12,15-18H,2-9,13-14H2,1H3,(H2,26,27,33)(H3,24,25,28,29,30,31)/t16-,17-. The first-order valence-electron chi connectivity index (χ1n) is 12.8. The Labute approximate surface area is 211 Å². The van der Waals surface area contributed by atoms with Crippen LogP contribution in [-0.4, -0.2) is 76.4 Å². The molecule has 3 heterocycles. The lowest BCUT2D eigenvalue weighted by Crippen LogP contribution is -2.62. The number of nitrogens with zero attached hydrogens (tertiary/aromatic N) is 4. The van der Waals surface area contributed by atoms with Gasteiger partial charge in [-0.25, -0.2) is 18.2 Å². The lowest BCUT2D eigenvalue weighted by Gasteiger charge is -2.38. The van der Waals surface area contributed by atoms with Gasteiger partial charge in [-0.05, 0) is 44.6 Å². The Morgan fingerprint density at radius 2 is 1.69 bits per heavy atom. The maximum atomic E-state index is 12.3. The number of nitrogens with one attached hydrogen (secondary N) is 5. The molecule has 0 bridgehead atoms. The normalized spacial score (nSPS) is 23.7. The first-order valence-corrected chi connectivity index (χ1v) is 14.6. The Bertz CT molecular complexity index is 1150. The molecule has 1 aliphatic heterocycles. The molecule has 0 unspecified atom stereocenters. The fourth-order valence-electron chi connectivity index (χ4n) is 5.25. The Morgan fingerprint density at radius 1 is 1.00 bits per heavy atom. The molecular weight excluding hydrogens is 482 g/mol. The lowest BCUT2D eigenvalue weighted by molar-refractivity contribution is 0.200. The summed E-state index contributed by atoms with van der Waals surface area (Å²) in [6, 6.07) is 3.86. The van der Waals surface area contributed by atoms with Gasteiger partial charge in [-0.3, -0.25) is 5.10 Å². The first-order chi connectivity index (χ1) is 17.3. The van der Waals surface area contributed by atoms with Crippen LogP contribution in [0.5, 0.6) is 0 Å². The third kappa shape index (κ3) is 6.25. The van der Waals surface area contributed by atoms with Crippen molar-refractivity contribution in [2.24, 2.45) is 0 Å². The van der Waals surface area contributed by atoms with E-state index in [4.69, 9.17) is 0 Å².